The Kier molecular flexibility index (Phi) is 4.99. The lowest BCUT2D eigenvalue weighted by Crippen LogP contribution is -2.47. The first kappa shape index (κ1) is 15.5. The average Bonchev–Trinajstić information content (AvgIpc) is 2.92. The third-order valence-electron chi connectivity index (χ3n) is 4.42. The van der Waals surface area contributed by atoms with Crippen LogP contribution >= 0.6 is 0 Å². The number of carbonyl (C=O) groups is 2. The van der Waals surface area contributed by atoms with Gasteiger partial charge in [-0.05, 0) is 31.2 Å². The topological polar surface area (TPSA) is 66.4 Å². The minimum absolute atomic E-state index is 0.111. The predicted octanol–water partition coefficient (Wildman–Crippen LogP) is 2.77. The van der Waals surface area contributed by atoms with Crippen LogP contribution in [0, 0.1) is 5.41 Å². The number of aliphatic carboxylic acids is 1. The molecule has 4 nitrogen and oxygen atoms in total. The van der Waals surface area contributed by atoms with Crippen molar-refractivity contribution in [1.82, 2.24) is 5.32 Å². The van der Waals surface area contributed by atoms with Crippen LogP contribution in [0.25, 0.3) is 0 Å². The molecule has 1 aromatic rings. The quantitative estimate of drug-likeness (QED) is 0.846. The molecule has 1 fully saturated rings. The molecular formula is C17H23NO3. The molecule has 4 heteroatoms. The van der Waals surface area contributed by atoms with Gasteiger partial charge < -0.3 is 10.4 Å². The van der Waals surface area contributed by atoms with Crippen LogP contribution < -0.4 is 5.32 Å². The Hall–Kier alpha value is -1.84. The summed E-state index contributed by atoms with van der Waals surface area (Å²) in [5.74, 6) is -1.07. The van der Waals surface area contributed by atoms with E-state index in [9.17, 15) is 14.7 Å². The van der Waals surface area contributed by atoms with Gasteiger partial charge in [-0.25, -0.2) is 4.79 Å². The zero-order valence-electron chi connectivity index (χ0n) is 12.5. The highest BCUT2D eigenvalue weighted by Crippen LogP contribution is 2.37. The highest BCUT2D eigenvalue weighted by atomic mass is 16.4. The van der Waals surface area contributed by atoms with Crippen molar-refractivity contribution in [2.75, 3.05) is 0 Å². The third-order valence-corrected chi connectivity index (χ3v) is 4.42. The Morgan fingerprint density at radius 3 is 2.43 bits per heavy atom. The second-order valence-corrected chi connectivity index (χ2v) is 6.16. The zero-order chi connectivity index (χ0) is 15.3. The number of hydrogen-bond acceptors (Lipinski definition) is 2. The van der Waals surface area contributed by atoms with Gasteiger partial charge in [-0.3, -0.25) is 4.79 Å². The van der Waals surface area contributed by atoms with E-state index in [1.165, 1.54) is 0 Å². The third kappa shape index (κ3) is 4.06. The summed E-state index contributed by atoms with van der Waals surface area (Å²) < 4.78 is 0. The summed E-state index contributed by atoms with van der Waals surface area (Å²) >= 11 is 0. The van der Waals surface area contributed by atoms with E-state index < -0.39 is 12.0 Å². The van der Waals surface area contributed by atoms with Gasteiger partial charge in [0, 0.05) is 5.41 Å². The zero-order valence-corrected chi connectivity index (χ0v) is 12.5. The summed E-state index contributed by atoms with van der Waals surface area (Å²) in [6, 6.07) is 8.93. The first-order valence-corrected chi connectivity index (χ1v) is 7.59. The maximum absolute atomic E-state index is 12.3. The fraction of sp³-hybridized carbons (Fsp3) is 0.529. The number of hydrogen-bond donors (Lipinski definition) is 2. The molecule has 1 unspecified atom stereocenters. The fourth-order valence-corrected chi connectivity index (χ4v) is 2.93. The smallest absolute Gasteiger partial charge is 0.326 e. The van der Waals surface area contributed by atoms with Crippen LogP contribution in [0.15, 0.2) is 30.3 Å². The molecule has 0 spiro atoms. The first-order valence-electron chi connectivity index (χ1n) is 7.59. The van der Waals surface area contributed by atoms with E-state index in [2.05, 4.69) is 5.32 Å². The molecule has 0 bridgehead atoms. The molecule has 1 atom stereocenters. The van der Waals surface area contributed by atoms with E-state index in [0.29, 0.717) is 12.8 Å². The number of rotatable bonds is 6. The Balaban J connectivity index is 1.93. The lowest BCUT2D eigenvalue weighted by molar-refractivity contribution is -0.143. The van der Waals surface area contributed by atoms with Crippen LogP contribution in [0.5, 0.6) is 0 Å². The number of aryl methyl sites for hydroxylation is 1. The molecule has 1 aliphatic rings. The van der Waals surface area contributed by atoms with E-state index in [1.807, 2.05) is 37.3 Å². The van der Waals surface area contributed by atoms with E-state index in [-0.39, 0.29) is 11.3 Å². The maximum atomic E-state index is 12.3. The first-order chi connectivity index (χ1) is 10.0. The highest BCUT2D eigenvalue weighted by molar-refractivity contribution is 5.87. The summed E-state index contributed by atoms with van der Waals surface area (Å²) in [5.41, 5.74) is 0.700. The molecule has 1 amide bonds. The van der Waals surface area contributed by atoms with Crippen molar-refractivity contribution in [3.63, 3.8) is 0 Å². The number of benzene rings is 1. The van der Waals surface area contributed by atoms with Gasteiger partial charge in [-0.1, -0.05) is 50.1 Å². The standard InChI is InChI=1S/C17H23NO3/c1-17(11-5-6-12-17)16(21)18-14(15(19)20)10-9-13-7-3-2-4-8-13/h2-4,7-8,14H,5-6,9-12H2,1H3,(H,18,21)(H,19,20). The van der Waals surface area contributed by atoms with Crippen LogP contribution in [0.4, 0.5) is 0 Å². The van der Waals surface area contributed by atoms with E-state index >= 15 is 0 Å². The number of amides is 1. The van der Waals surface area contributed by atoms with Crippen molar-refractivity contribution in [2.24, 2.45) is 5.41 Å². The summed E-state index contributed by atoms with van der Waals surface area (Å²) in [7, 11) is 0. The van der Waals surface area contributed by atoms with Crippen molar-refractivity contribution in [1.29, 1.82) is 0 Å². The van der Waals surface area contributed by atoms with Crippen molar-refractivity contribution in [2.45, 2.75) is 51.5 Å². The Morgan fingerprint density at radius 1 is 1.24 bits per heavy atom. The number of carboxylic acids is 1. The van der Waals surface area contributed by atoms with Crippen molar-refractivity contribution >= 4 is 11.9 Å². The fourth-order valence-electron chi connectivity index (χ4n) is 2.93. The van der Waals surface area contributed by atoms with E-state index in [4.69, 9.17) is 0 Å². The van der Waals surface area contributed by atoms with Gasteiger partial charge in [-0.2, -0.15) is 0 Å². The summed E-state index contributed by atoms with van der Waals surface area (Å²) in [4.78, 5) is 23.7. The molecule has 114 valence electrons. The van der Waals surface area contributed by atoms with Crippen molar-refractivity contribution in [3.8, 4) is 0 Å². The molecule has 1 aliphatic carbocycles. The molecule has 21 heavy (non-hydrogen) atoms. The SMILES string of the molecule is CC1(C(=O)NC(CCc2ccccc2)C(=O)O)CCCC1. The van der Waals surface area contributed by atoms with Crippen molar-refractivity contribution in [3.05, 3.63) is 35.9 Å². The lowest BCUT2D eigenvalue weighted by Gasteiger charge is -2.25. The van der Waals surface area contributed by atoms with Crippen LogP contribution in [0.2, 0.25) is 0 Å². The van der Waals surface area contributed by atoms with Crippen LogP contribution in [0.3, 0.4) is 0 Å². The van der Waals surface area contributed by atoms with Gasteiger partial charge in [0.15, 0.2) is 0 Å². The Morgan fingerprint density at radius 2 is 1.86 bits per heavy atom. The molecular weight excluding hydrogens is 266 g/mol. The van der Waals surface area contributed by atoms with E-state index in [0.717, 1.165) is 31.2 Å². The number of nitrogens with one attached hydrogen (secondary N) is 1. The largest absolute Gasteiger partial charge is 0.480 e. The van der Waals surface area contributed by atoms with Gasteiger partial charge >= 0.3 is 5.97 Å². The normalized spacial score (nSPS) is 18.1. The summed E-state index contributed by atoms with van der Waals surface area (Å²) in [5, 5.41) is 12.0. The molecule has 0 aromatic heterocycles. The molecule has 2 N–H and O–H groups in total. The van der Waals surface area contributed by atoms with Crippen LogP contribution in [-0.2, 0) is 16.0 Å². The van der Waals surface area contributed by atoms with Gasteiger partial charge in [0.2, 0.25) is 5.91 Å². The molecule has 0 aliphatic heterocycles. The Labute approximate surface area is 125 Å². The van der Waals surface area contributed by atoms with E-state index in [1.54, 1.807) is 0 Å². The molecule has 0 saturated heterocycles. The maximum Gasteiger partial charge on any atom is 0.326 e. The monoisotopic (exact) mass is 289 g/mol. The molecule has 1 saturated carbocycles. The predicted molar refractivity (Wildman–Crippen MR) is 80.9 cm³/mol. The molecule has 0 heterocycles. The minimum atomic E-state index is -0.958. The number of carbonyl (C=O) groups excluding carboxylic acids is 1. The summed E-state index contributed by atoms with van der Waals surface area (Å²) in [6.45, 7) is 1.94. The van der Waals surface area contributed by atoms with Gasteiger partial charge in [-0.15, -0.1) is 0 Å². The molecule has 0 radical (unpaired) electrons. The second kappa shape index (κ2) is 6.74. The van der Waals surface area contributed by atoms with Gasteiger partial charge in [0.1, 0.15) is 6.04 Å². The lowest BCUT2D eigenvalue weighted by atomic mass is 9.87. The molecule has 2 rings (SSSR count). The molecule has 1 aromatic carbocycles. The van der Waals surface area contributed by atoms with Gasteiger partial charge in [0.25, 0.3) is 0 Å². The minimum Gasteiger partial charge on any atom is -0.480 e. The van der Waals surface area contributed by atoms with Crippen LogP contribution in [-0.4, -0.2) is 23.0 Å². The second-order valence-electron chi connectivity index (χ2n) is 6.16. The van der Waals surface area contributed by atoms with Gasteiger partial charge in [0.05, 0.1) is 0 Å². The van der Waals surface area contributed by atoms with Crippen LogP contribution in [0.1, 0.15) is 44.6 Å². The summed E-state index contributed by atoms with van der Waals surface area (Å²) in [6.07, 6.45) is 4.86. The highest BCUT2D eigenvalue weighted by Gasteiger charge is 2.37. The number of carboxylic acid groups (broad SMARTS) is 1. The van der Waals surface area contributed by atoms with Crippen molar-refractivity contribution < 1.29 is 14.7 Å². The average molecular weight is 289 g/mol. The Bertz CT molecular complexity index is 492.